The van der Waals surface area contributed by atoms with Gasteiger partial charge in [-0.05, 0) is 36.1 Å². The summed E-state index contributed by atoms with van der Waals surface area (Å²) in [6, 6.07) is 12.8. The molecule has 2 aromatic rings. The third kappa shape index (κ3) is 4.17. The predicted octanol–water partition coefficient (Wildman–Crippen LogP) is 2.77. The first-order valence-electron chi connectivity index (χ1n) is 8.66. The van der Waals surface area contributed by atoms with Gasteiger partial charge in [-0.25, -0.2) is 4.79 Å². The zero-order valence-electron chi connectivity index (χ0n) is 14.3. The monoisotopic (exact) mass is 341 g/mol. The van der Waals surface area contributed by atoms with Crippen LogP contribution in [0.5, 0.6) is 0 Å². The Morgan fingerprint density at radius 3 is 2.76 bits per heavy atom. The molecule has 25 heavy (non-hydrogen) atoms. The molecule has 0 saturated carbocycles. The molecular weight excluding hydrogens is 318 g/mol. The van der Waals surface area contributed by atoms with Gasteiger partial charge in [-0.15, -0.1) is 0 Å². The van der Waals surface area contributed by atoms with Gasteiger partial charge in [0.1, 0.15) is 6.04 Å². The number of nitrogens with one attached hydrogen (secondary N) is 1. The summed E-state index contributed by atoms with van der Waals surface area (Å²) < 4.78 is 5.46. The van der Waals surface area contributed by atoms with Crippen LogP contribution in [0.3, 0.4) is 0 Å². The molecule has 3 rings (SSSR count). The molecule has 1 aliphatic heterocycles. The van der Waals surface area contributed by atoms with Gasteiger partial charge in [0, 0.05) is 18.9 Å². The van der Waals surface area contributed by atoms with Gasteiger partial charge in [-0.2, -0.15) is 0 Å². The minimum absolute atomic E-state index is 0.0332. The van der Waals surface area contributed by atoms with Crippen LogP contribution in [0.1, 0.15) is 25.3 Å². The van der Waals surface area contributed by atoms with E-state index in [1.54, 1.807) is 0 Å². The van der Waals surface area contributed by atoms with Gasteiger partial charge in [0.2, 0.25) is 5.91 Å². The number of carbonyl (C=O) groups is 2. The standard InChI is InChI=1S/C20H23NO4/c1-13-11-16(9-10-25-13)19(22)21-18(20(23)24)12-15-7-4-6-14-5-2-3-8-17(14)15/h2-8,13,16,18H,9-12H2,1H3,(H,21,22)(H,23,24)/t13-,16-,18-/m1/s1. The number of ether oxygens (including phenoxy) is 1. The Bertz CT molecular complexity index is 768. The smallest absolute Gasteiger partial charge is 0.326 e. The molecule has 0 spiro atoms. The zero-order chi connectivity index (χ0) is 17.8. The summed E-state index contributed by atoms with van der Waals surface area (Å²) in [6.45, 7) is 2.48. The van der Waals surface area contributed by atoms with E-state index in [4.69, 9.17) is 4.74 Å². The Morgan fingerprint density at radius 1 is 1.24 bits per heavy atom. The van der Waals surface area contributed by atoms with Crippen molar-refractivity contribution in [3.05, 3.63) is 48.0 Å². The van der Waals surface area contributed by atoms with E-state index in [9.17, 15) is 14.7 Å². The molecule has 0 unspecified atom stereocenters. The van der Waals surface area contributed by atoms with E-state index >= 15 is 0 Å². The lowest BCUT2D eigenvalue weighted by Crippen LogP contribution is -2.46. The van der Waals surface area contributed by atoms with Gasteiger partial charge in [0.25, 0.3) is 0 Å². The minimum Gasteiger partial charge on any atom is -0.480 e. The van der Waals surface area contributed by atoms with Crippen molar-refractivity contribution in [1.82, 2.24) is 5.32 Å². The van der Waals surface area contributed by atoms with Crippen molar-refractivity contribution in [3.63, 3.8) is 0 Å². The highest BCUT2D eigenvalue weighted by atomic mass is 16.5. The van der Waals surface area contributed by atoms with Gasteiger partial charge >= 0.3 is 5.97 Å². The van der Waals surface area contributed by atoms with E-state index in [1.165, 1.54) is 0 Å². The Kier molecular flexibility index (Phi) is 5.34. The second-order valence-electron chi connectivity index (χ2n) is 6.64. The van der Waals surface area contributed by atoms with Gasteiger partial charge in [0.15, 0.2) is 0 Å². The third-order valence-corrected chi connectivity index (χ3v) is 4.77. The van der Waals surface area contributed by atoms with Gasteiger partial charge < -0.3 is 15.2 Å². The average molecular weight is 341 g/mol. The molecular formula is C20H23NO4. The van der Waals surface area contributed by atoms with Crippen molar-refractivity contribution in [2.24, 2.45) is 5.92 Å². The molecule has 2 aromatic carbocycles. The van der Waals surface area contributed by atoms with E-state index in [2.05, 4.69) is 5.32 Å². The number of amides is 1. The fraction of sp³-hybridized carbons (Fsp3) is 0.400. The summed E-state index contributed by atoms with van der Waals surface area (Å²) >= 11 is 0. The molecule has 3 atom stereocenters. The summed E-state index contributed by atoms with van der Waals surface area (Å²) in [4.78, 5) is 24.2. The highest BCUT2D eigenvalue weighted by Gasteiger charge is 2.29. The van der Waals surface area contributed by atoms with Crippen LogP contribution >= 0.6 is 0 Å². The number of carboxylic acid groups (broad SMARTS) is 1. The van der Waals surface area contributed by atoms with Crippen LogP contribution in [0, 0.1) is 5.92 Å². The van der Waals surface area contributed by atoms with E-state index in [0.29, 0.717) is 19.4 Å². The van der Waals surface area contributed by atoms with Crippen LogP contribution in [0.2, 0.25) is 0 Å². The molecule has 5 nitrogen and oxygen atoms in total. The molecule has 0 bridgehead atoms. The Hall–Kier alpha value is -2.40. The number of carbonyl (C=O) groups excluding carboxylic acids is 1. The van der Waals surface area contributed by atoms with Crippen molar-refractivity contribution >= 4 is 22.6 Å². The first kappa shape index (κ1) is 17.4. The van der Waals surface area contributed by atoms with Crippen molar-refractivity contribution in [3.8, 4) is 0 Å². The lowest BCUT2D eigenvalue weighted by atomic mass is 9.94. The Labute approximate surface area is 147 Å². The van der Waals surface area contributed by atoms with E-state index in [0.717, 1.165) is 16.3 Å². The molecule has 2 N–H and O–H groups in total. The fourth-order valence-electron chi connectivity index (χ4n) is 3.42. The molecule has 1 saturated heterocycles. The van der Waals surface area contributed by atoms with Crippen molar-refractivity contribution in [2.75, 3.05) is 6.61 Å². The lowest BCUT2D eigenvalue weighted by molar-refractivity contribution is -0.143. The third-order valence-electron chi connectivity index (χ3n) is 4.77. The molecule has 1 fully saturated rings. The number of carboxylic acids is 1. The molecule has 0 aromatic heterocycles. The molecule has 0 aliphatic carbocycles. The normalized spacial score (nSPS) is 21.6. The Balaban J connectivity index is 1.75. The fourth-order valence-corrected chi connectivity index (χ4v) is 3.42. The van der Waals surface area contributed by atoms with E-state index in [1.807, 2.05) is 49.4 Å². The average Bonchev–Trinajstić information content (AvgIpc) is 2.61. The maximum absolute atomic E-state index is 12.5. The maximum atomic E-state index is 12.5. The predicted molar refractivity (Wildman–Crippen MR) is 95.4 cm³/mol. The second kappa shape index (κ2) is 7.66. The van der Waals surface area contributed by atoms with Crippen LogP contribution < -0.4 is 5.32 Å². The lowest BCUT2D eigenvalue weighted by Gasteiger charge is -2.27. The summed E-state index contributed by atoms with van der Waals surface area (Å²) in [7, 11) is 0. The number of hydrogen-bond acceptors (Lipinski definition) is 3. The summed E-state index contributed by atoms with van der Waals surface area (Å²) in [5.74, 6) is -1.39. The number of hydrogen-bond donors (Lipinski definition) is 2. The van der Waals surface area contributed by atoms with Gasteiger partial charge in [0.05, 0.1) is 6.10 Å². The van der Waals surface area contributed by atoms with Crippen LogP contribution in [-0.2, 0) is 20.7 Å². The van der Waals surface area contributed by atoms with Crippen LogP contribution in [0.4, 0.5) is 0 Å². The Morgan fingerprint density at radius 2 is 2.00 bits per heavy atom. The van der Waals surface area contributed by atoms with E-state index < -0.39 is 12.0 Å². The van der Waals surface area contributed by atoms with E-state index in [-0.39, 0.29) is 24.3 Å². The number of fused-ring (bicyclic) bond motifs is 1. The van der Waals surface area contributed by atoms with Gasteiger partial charge in [-0.1, -0.05) is 42.5 Å². The minimum atomic E-state index is -1.01. The van der Waals surface area contributed by atoms with Gasteiger partial charge in [-0.3, -0.25) is 4.79 Å². The quantitative estimate of drug-likeness (QED) is 0.877. The summed E-state index contributed by atoms with van der Waals surface area (Å²) in [5, 5.41) is 14.4. The summed E-state index contributed by atoms with van der Waals surface area (Å²) in [6.07, 6.45) is 1.57. The molecule has 1 heterocycles. The number of rotatable bonds is 5. The van der Waals surface area contributed by atoms with Crippen LogP contribution in [-0.4, -0.2) is 35.7 Å². The maximum Gasteiger partial charge on any atom is 0.326 e. The molecule has 0 radical (unpaired) electrons. The first-order chi connectivity index (χ1) is 12.0. The van der Waals surface area contributed by atoms with Crippen LogP contribution in [0.15, 0.2) is 42.5 Å². The van der Waals surface area contributed by atoms with Crippen molar-refractivity contribution in [2.45, 2.75) is 38.3 Å². The largest absolute Gasteiger partial charge is 0.480 e. The molecule has 5 heteroatoms. The first-order valence-corrected chi connectivity index (χ1v) is 8.66. The highest BCUT2D eigenvalue weighted by Crippen LogP contribution is 2.22. The second-order valence-corrected chi connectivity index (χ2v) is 6.64. The molecule has 1 aliphatic rings. The zero-order valence-corrected chi connectivity index (χ0v) is 14.3. The molecule has 1 amide bonds. The van der Waals surface area contributed by atoms with Crippen molar-refractivity contribution < 1.29 is 19.4 Å². The molecule has 132 valence electrons. The highest BCUT2D eigenvalue weighted by molar-refractivity contribution is 5.88. The number of aliphatic carboxylic acids is 1. The topological polar surface area (TPSA) is 75.6 Å². The van der Waals surface area contributed by atoms with Crippen molar-refractivity contribution in [1.29, 1.82) is 0 Å². The summed E-state index contributed by atoms with van der Waals surface area (Å²) in [5.41, 5.74) is 0.922. The van der Waals surface area contributed by atoms with Crippen LogP contribution in [0.25, 0.3) is 10.8 Å². The number of benzene rings is 2. The SMILES string of the molecule is C[C@@H]1C[C@H](C(=O)N[C@H](Cc2cccc3ccccc23)C(=O)O)CCO1.